The molecule has 2 N–H and O–H groups in total. The predicted octanol–water partition coefficient (Wildman–Crippen LogP) is 0.699. The molecule has 1 rings (SSSR count). The maximum Gasteiger partial charge on any atom is 0.368 e. The van der Waals surface area contributed by atoms with Gasteiger partial charge in [0.15, 0.2) is 11.5 Å². The summed E-state index contributed by atoms with van der Waals surface area (Å²) in [5.41, 5.74) is 5.81. The van der Waals surface area contributed by atoms with Gasteiger partial charge < -0.3 is 10.6 Å². The zero-order valence-corrected chi connectivity index (χ0v) is 7.46. The molecule has 0 saturated carbocycles. The first kappa shape index (κ1) is 8.72. The molecule has 0 unspecified atom stereocenters. The first-order valence-corrected chi connectivity index (χ1v) is 3.88. The van der Waals surface area contributed by atoms with Crippen LogP contribution >= 0.6 is 11.5 Å². The molecular formula is C5H8N4O2S. The van der Waals surface area contributed by atoms with Gasteiger partial charge in [-0.3, -0.25) is 10.1 Å². The Hall–Kier alpha value is -1.37. The Morgan fingerprint density at radius 1 is 1.67 bits per heavy atom. The lowest BCUT2D eigenvalue weighted by Crippen LogP contribution is -2.11. The van der Waals surface area contributed by atoms with E-state index in [-0.39, 0.29) is 10.8 Å². The van der Waals surface area contributed by atoms with E-state index in [1.54, 1.807) is 19.0 Å². The number of hydrogen-bond acceptors (Lipinski definition) is 6. The number of nitro groups is 1. The van der Waals surface area contributed by atoms with Gasteiger partial charge in [-0.15, -0.1) is 0 Å². The minimum atomic E-state index is -0.483. The summed E-state index contributed by atoms with van der Waals surface area (Å²) >= 11 is 0.797. The van der Waals surface area contributed by atoms with Crippen LogP contribution in [0.25, 0.3) is 0 Å². The van der Waals surface area contributed by atoms with E-state index in [2.05, 4.69) is 4.37 Å². The van der Waals surface area contributed by atoms with E-state index in [0.29, 0.717) is 5.69 Å². The van der Waals surface area contributed by atoms with E-state index in [1.165, 1.54) is 0 Å². The number of nitrogens with two attached hydrogens (primary N) is 1. The Labute approximate surface area is 72.9 Å². The Morgan fingerprint density at radius 2 is 2.25 bits per heavy atom. The lowest BCUT2D eigenvalue weighted by molar-refractivity contribution is -0.379. The van der Waals surface area contributed by atoms with Gasteiger partial charge in [0.2, 0.25) is 0 Å². The van der Waals surface area contributed by atoms with Crippen LogP contribution in [0.3, 0.4) is 0 Å². The summed E-state index contributed by atoms with van der Waals surface area (Å²) < 4.78 is 3.70. The van der Waals surface area contributed by atoms with E-state index in [0.717, 1.165) is 11.5 Å². The van der Waals surface area contributed by atoms with Gasteiger partial charge in [0.1, 0.15) is 0 Å². The van der Waals surface area contributed by atoms with Crippen molar-refractivity contribution in [1.82, 2.24) is 4.37 Å². The normalized spacial score (nSPS) is 9.83. The molecule has 0 aromatic carbocycles. The molecule has 0 radical (unpaired) electrons. The van der Waals surface area contributed by atoms with Gasteiger partial charge >= 0.3 is 5.00 Å². The van der Waals surface area contributed by atoms with Crippen LogP contribution in [0.4, 0.5) is 16.5 Å². The van der Waals surface area contributed by atoms with Crippen molar-refractivity contribution in [1.29, 1.82) is 0 Å². The molecule has 0 saturated heterocycles. The first-order chi connectivity index (χ1) is 5.54. The second kappa shape index (κ2) is 2.94. The van der Waals surface area contributed by atoms with E-state index in [4.69, 9.17) is 5.73 Å². The number of nitrogen functional groups attached to an aromatic ring is 1. The summed E-state index contributed by atoms with van der Waals surface area (Å²) in [7, 11) is 3.38. The minimum absolute atomic E-state index is 0.0162. The van der Waals surface area contributed by atoms with Gasteiger partial charge in [0, 0.05) is 25.6 Å². The molecule has 66 valence electrons. The average Bonchev–Trinajstić information content (AvgIpc) is 2.30. The molecular weight excluding hydrogens is 180 g/mol. The van der Waals surface area contributed by atoms with Gasteiger partial charge in [-0.2, -0.15) is 4.37 Å². The molecule has 0 spiro atoms. The van der Waals surface area contributed by atoms with E-state index in [1.807, 2.05) is 0 Å². The van der Waals surface area contributed by atoms with Crippen molar-refractivity contribution < 1.29 is 4.92 Å². The third-order valence-corrected chi connectivity index (χ3v) is 2.09. The highest BCUT2D eigenvalue weighted by molar-refractivity contribution is 7.10. The van der Waals surface area contributed by atoms with Gasteiger partial charge in [-0.1, -0.05) is 0 Å². The molecule has 1 aromatic heterocycles. The standard InChI is InChI=1S/C5H8N4O2S/c1-8(2)3-4(6)7-12-5(3)9(10)11/h1-2H3,(H2,6,7). The quantitative estimate of drug-likeness (QED) is 0.545. The molecule has 0 bridgehead atoms. The Kier molecular flexibility index (Phi) is 2.13. The summed E-state index contributed by atoms with van der Waals surface area (Å²) in [6.07, 6.45) is 0. The van der Waals surface area contributed by atoms with Crippen molar-refractivity contribution >= 4 is 28.0 Å². The van der Waals surface area contributed by atoms with Crippen LogP contribution in [0.5, 0.6) is 0 Å². The molecule has 0 atom stereocenters. The topological polar surface area (TPSA) is 85.3 Å². The van der Waals surface area contributed by atoms with E-state index in [9.17, 15) is 10.1 Å². The molecule has 1 heterocycles. The van der Waals surface area contributed by atoms with Gasteiger partial charge in [-0.25, -0.2) is 0 Å². The number of anilines is 2. The number of hydrogen-bond donors (Lipinski definition) is 1. The molecule has 0 fully saturated rings. The van der Waals surface area contributed by atoms with Gasteiger partial charge in [0.05, 0.1) is 4.92 Å². The fourth-order valence-electron chi connectivity index (χ4n) is 0.829. The molecule has 0 aliphatic heterocycles. The minimum Gasteiger partial charge on any atom is -0.381 e. The molecule has 12 heavy (non-hydrogen) atoms. The van der Waals surface area contributed by atoms with Crippen molar-refractivity contribution in [3.05, 3.63) is 10.1 Å². The summed E-state index contributed by atoms with van der Waals surface area (Å²) in [5, 5.41) is 10.4. The molecule has 0 amide bonds. The highest BCUT2D eigenvalue weighted by atomic mass is 32.1. The van der Waals surface area contributed by atoms with E-state index >= 15 is 0 Å². The third-order valence-electron chi connectivity index (χ3n) is 1.29. The predicted molar refractivity (Wildman–Crippen MR) is 47.5 cm³/mol. The van der Waals surface area contributed by atoms with Crippen LogP contribution in [0.2, 0.25) is 0 Å². The Bertz CT molecular complexity index is 308. The summed E-state index contributed by atoms with van der Waals surface area (Å²) in [5.74, 6) is 0.205. The highest BCUT2D eigenvalue weighted by Gasteiger charge is 2.22. The van der Waals surface area contributed by atoms with Crippen LogP contribution in [-0.4, -0.2) is 23.4 Å². The van der Waals surface area contributed by atoms with Crippen LogP contribution in [-0.2, 0) is 0 Å². The maximum absolute atomic E-state index is 10.4. The first-order valence-electron chi connectivity index (χ1n) is 3.11. The van der Waals surface area contributed by atoms with E-state index < -0.39 is 4.92 Å². The molecule has 1 aromatic rings. The van der Waals surface area contributed by atoms with Crippen molar-refractivity contribution in [2.75, 3.05) is 24.7 Å². The van der Waals surface area contributed by atoms with Crippen LogP contribution in [0.1, 0.15) is 0 Å². The largest absolute Gasteiger partial charge is 0.381 e. The van der Waals surface area contributed by atoms with Gasteiger partial charge in [-0.05, 0) is 0 Å². The van der Waals surface area contributed by atoms with Crippen molar-refractivity contribution in [2.24, 2.45) is 0 Å². The number of nitrogens with zero attached hydrogens (tertiary/aromatic N) is 3. The number of rotatable bonds is 2. The fourth-order valence-corrected chi connectivity index (χ4v) is 1.54. The maximum atomic E-state index is 10.4. The highest BCUT2D eigenvalue weighted by Crippen LogP contribution is 2.35. The lowest BCUT2D eigenvalue weighted by atomic mass is 10.4. The number of aromatic nitrogens is 1. The van der Waals surface area contributed by atoms with Crippen LogP contribution in [0, 0.1) is 10.1 Å². The molecule has 0 aliphatic rings. The summed E-state index contributed by atoms with van der Waals surface area (Å²) in [6, 6.07) is 0. The zero-order chi connectivity index (χ0) is 9.30. The Balaban J connectivity index is 3.21. The van der Waals surface area contributed by atoms with Crippen LogP contribution < -0.4 is 10.6 Å². The van der Waals surface area contributed by atoms with Gasteiger partial charge in [0.25, 0.3) is 0 Å². The second-order valence-corrected chi connectivity index (χ2v) is 3.12. The Morgan fingerprint density at radius 3 is 2.58 bits per heavy atom. The third kappa shape index (κ3) is 1.30. The molecule has 7 heteroatoms. The second-order valence-electron chi connectivity index (χ2n) is 2.37. The van der Waals surface area contributed by atoms with Crippen molar-refractivity contribution in [2.45, 2.75) is 0 Å². The zero-order valence-electron chi connectivity index (χ0n) is 6.64. The smallest absolute Gasteiger partial charge is 0.368 e. The SMILES string of the molecule is CN(C)c1c(N)nsc1[N+](=O)[O-]. The summed E-state index contributed by atoms with van der Waals surface area (Å²) in [4.78, 5) is 11.5. The van der Waals surface area contributed by atoms with Crippen molar-refractivity contribution in [3.8, 4) is 0 Å². The monoisotopic (exact) mass is 188 g/mol. The average molecular weight is 188 g/mol. The fraction of sp³-hybridized carbons (Fsp3) is 0.400. The summed E-state index contributed by atoms with van der Waals surface area (Å²) in [6.45, 7) is 0. The molecule has 6 nitrogen and oxygen atoms in total. The van der Waals surface area contributed by atoms with Crippen LogP contribution in [0.15, 0.2) is 0 Å². The van der Waals surface area contributed by atoms with Crippen molar-refractivity contribution in [3.63, 3.8) is 0 Å². The molecule has 0 aliphatic carbocycles. The lowest BCUT2D eigenvalue weighted by Gasteiger charge is -2.08.